The van der Waals surface area contributed by atoms with E-state index in [4.69, 9.17) is 14.2 Å². The smallest absolute Gasteiger partial charge is 0.350 e. The van der Waals surface area contributed by atoms with E-state index in [9.17, 15) is 19.5 Å². The van der Waals surface area contributed by atoms with Gasteiger partial charge in [-0.25, -0.2) is 9.59 Å². The molecule has 2 aromatic rings. The van der Waals surface area contributed by atoms with Gasteiger partial charge in [-0.2, -0.15) is 0 Å². The molecule has 0 heterocycles. The molecule has 1 N–H and O–H groups in total. The Labute approximate surface area is 175 Å². The first-order valence-electron chi connectivity index (χ1n) is 9.67. The van der Waals surface area contributed by atoms with Crippen molar-refractivity contribution in [1.29, 1.82) is 0 Å². The summed E-state index contributed by atoms with van der Waals surface area (Å²) < 4.78 is 15.1. The SMILES string of the molecule is CCOC(=O)C(O)(C(=O)OCC)C(CC(=O)c1ccccc1)c1ccc(OC)cc1. The molecule has 0 aliphatic carbocycles. The Balaban J connectivity index is 2.55. The van der Waals surface area contributed by atoms with E-state index in [1.807, 2.05) is 0 Å². The van der Waals surface area contributed by atoms with Crippen molar-refractivity contribution in [3.05, 3.63) is 65.7 Å². The van der Waals surface area contributed by atoms with Crippen molar-refractivity contribution >= 4 is 17.7 Å². The normalized spacial score (nSPS) is 12.0. The lowest BCUT2D eigenvalue weighted by Crippen LogP contribution is -2.54. The second-order valence-corrected chi connectivity index (χ2v) is 6.53. The Morgan fingerprint density at radius 1 is 0.900 bits per heavy atom. The Hall–Kier alpha value is -3.19. The van der Waals surface area contributed by atoms with Crippen LogP contribution in [0.15, 0.2) is 54.6 Å². The van der Waals surface area contributed by atoms with Crippen LogP contribution in [-0.2, 0) is 19.1 Å². The fourth-order valence-corrected chi connectivity index (χ4v) is 3.12. The standard InChI is InChI=1S/C23H26O7/c1-4-29-21(25)23(27,22(26)30-5-2)19(16-11-13-18(28-3)14-12-16)15-20(24)17-9-7-6-8-10-17/h6-14,19,27H,4-5,15H2,1-3H3. The van der Waals surface area contributed by atoms with Crippen molar-refractivity contribution in [3.8, 4) is 5.75 Å². The van der Waals surface area contributed by atoms with Gasteiger partial charge in [0, 0.05) is 17.9 Å². The Kier molecular flexibility index (Phi) is 8.12. The van der Waals surface area contributed by atoms with Gasteiger partial charge in [0.15, 0.2) is 5.78 Å². The average molecular weight is 414 g/mol. The predicted octanol–water partition coefficient (Wildman–Crippen LogP) is 2.91. The number of hydrogen-bond acceptors (Lipinski definition) is 7. The largest absolute Gasteiger partial charge is 0.497 e. The molecule has 1 unspecified atom stereocenters. The molecule has 7 heteroatoms. The molecule has 160 valence electrons. The monoisotopic (exact) mass is 414 g/mol. The zero-order valence-electron chi connectivity index (χ0n) is 17.3. The molecule has 0 saturated carbocycles. The zero-order chi connectivity index (χ0) is 22.1. The molecule has 1 atom stereocenters. The van der Waals surface area contributed by atoms with Gasteiger partial charge in [0.05, 0.1) is 20.3 Å². The van der Waals surface area contributed by atoms with Gasteiger partial charge in [0.1, 0.15) is 5.75 Å². The Morgan fingerprint density at radius 3 is 1.90 bits per heavy atom. The molecule has 0 radical (unpaired) electrons. The third-order valence-electron chi connectivity index (χ3n) is 4.68. The van der Waals surface area contributed by atoms with Crippen LogP contribution in [0.1, 0.15) is 42.1 Å². The third-order valence-corrected chi connectivity index (χ3v) is 4.68. The van der Waals surface area contributed by atoms with Crippen LogP contribution in [-0.4, -0.2) is 48.8 Å². The van der Waals surface area contributed by atoms with E-state index in [0.29, 0.717) is 16.9 Å². The summed E-state index contributed by atoms with van der Waals surface area (Å²) in [5.74, 6) is -3.35. The molecule has 0 aliphatic rings. The first-order valence-corrected chi connectivity index (χ1v) is 9.67. The van der Waals surface area contributed by atoms with Gasteiger partial charge in [0.2, 0.25) is 0 Å². The van der Waals surface area contributed by atoms with E-state index in [0.717, 1.165) is 0 Å². The minimum Gasteiger partial charge on any atom is -0.497 e. The molecule has 2 aromatic carbocycles. The second kappa shape index (κ2) is 10.5. The average Bonchev–Trinajstić information content (AvgIpc) is 2.77. The zero-order valence-corrected chi connectivity index (χ0v) is 17.3. The number of benzene rings is 2. The lowest BCUT2D eigenvalue weighted by molar-refractivity contribution is -0.186. The van der Waals surface area contributed by atoms with Gasteiger partial charge in [-0.05, 0) is 31.5 Å². The van der Waals surface area contributed by atoms with E-state index in [2.05, 4.69) is 0 Å². The third kappa shape index (κ3) is 5.04. The highest BCUT2D eigenvalue weighted by Crippen LogP contribution is 2.36. The van der Waals surface area contributed by atoms with Crippen molar-refractivity contribution in [1.82, 2.24) is 0 Å². The van der Waals surface area contributed by atoms with E-state index < -0.39 is 23.5 Å². The number of aliphatic hydroxyl groups is 1. The van der Waals surface area contributed by atoms with Gasteiger partial charge in [0.25, 0.3) is 5.60 Å². The number of carbonyl (C=O) groups is 3. The topological polar surface area (TPSA) is 99.1 Å². The van der Waals surface area contributed by atoms with Crippen molar-refractivity contribution in [3.63, 3.8) is 0 Å². The number of esters is 2. The number of methoxy groups -OCH3 is 1. The number of carbonyl (C=O) groups excluding carboxylic acids is 3. The first kappa shape index (κ1) is 23.1. The maximum Gasteiger partial charge on any atom is 0.350 e. The van der Waals surface area contributed by atoms with E-state index in [-0.39, 0.29) is 25.4 Å². The summed E-state index contributed by atoms with van der Waals surface area (Å²) >= 11 is 0. The Bertz CT molecular complexity index is 841. The van der Waals surface area contributed by atoms with Crippen LogP contribution in [0.5, 0.6) is 5.75 Å². The molecular formula is C23H26O7. The van der Waals surface area contributed by atoms with Crippen molar-refractivity contribution < 1.29 is 33.7 Å². The quantitative estimate of drug-likeness (QED) is 0.362. The van der Waals surface area contributed by atoms with Gasteiger partial charge >= 0.3 is 11.9 Å². The Morgan fingerprint density at radius 2 is 1.43 bits per heavy atom. The molecule has 30 heavy (non-hydrogen) atoms. The highest BCUT2D eigenvalue weighted by molar-refractivity contribution is 6.06. The number of ketones is 1. The minimum atomic E-state index is -2.69. The van der Waals surface area contributed by atoms with Crippen LogP contribution in [0.3, 0.4) is 0 Å². The molecule has 0 saturated heterocycles. The van der Waals surface area contributed by atoms with Crippen molar-refractivity contribution in [2.24, 2.45) is 0 Å². The molecule has 0 amide bonds. The van der Waals surface area contributed by atoms with Crippen LogP contribution in [0.2, 0.25) is 0 Å². The number of rotatable bonds is 10. The summed E-state index contributed by atoms with van der Waals surface area (Å²) in [5, 5.41) is 11.3. The van der Waals surface area contributed by atoms with Crippen LogP contribution in [0, 0.1) is 0 Å². The number of hydrogen-bond donors (Lipinski definition) is 1. The number of ether oxygens (including phenoxy) is 3. The summed E-state index contributed by atoms with van der Waals surface area (Å²) in [7, 11) is 1.50. The second-order valence-electron chi connectivity index (χ2n) is 6.53. The highest BCUT2D eigenvalue weighted by atomic mass is 16.6. The van der Waals surface area contributed by atoms with E-state index >= 15 is 0 Å². The highest BCUT2D eigenvalue weighted by Gasteiger charge is 2.55. The van der Waals surface area contributed by atoms with E-state index in [1.165, 1.54) is 7.11 Å². The fourth-order valence-electron chi connectivity index (χ4n) is 3.12. The fraction of sp³-hybridized carbons (Fsp3) is 0.348. The maximum absolute atomic E-state index is 12.9. The lowest BCUT2D eigenvalue weighted by atomic mass is 9.77. The molecule has 7 nitrogen and oxygen atoms in total. The minimum absolute atomic E-state index is 0.0531. The van der Waals surface area contributed by atoms with Gasteiger partial charge in [-0.15, -0.1) is 0 Å². The number of Topliss-reactive ketones (excluding diaryl/α,β-unsaturated/α-hetero) is 1. The molecule has 2 rings (SSSR count). The molecule has 0 aromatic heterocycles. The van der Waals surface area contributed by atoms with Crippen molar-refractivity contribution in [2.45, 2.75) is 31.8 Å². The summed E-state index contributed by atoms with van der Waals surface area (Å²) in [6.07, 6.45) is -0.315. The van der Waals surface area contributed by atoms with Gasteiger partial charge < -0.3 is 19.3 Å². The van der Waals surface area contributed by atoms with Crippen LogP contribution in [0.25, 0.3) is 0 Å². The molecular weight excluding hydrogens is 388 g/mol. The van der Waals surface area contributed by atoms with Crippen LogP contribution in [0.4, 0.5) is 0 Å². The molecule has 0 spiro atoms. The van der Waals surface area contributed by atoms with Gasteiger partial charge in [-0.3, -0.25) is 4.79 Å². The maximum atomic E-state index is 12.9. The van der Waals surface area contributed by atoms with E-state index in [1.54, 1.807) is 68.4 Å². The van der Waals surface area contributed by atoms with Crippen LogP contribution < -0.4 is 4.74 Å². The van der Waals surface area contributed by atoms with Crippen molar-refractivity contribution in [2.75, 3.05) is 20.3 Å². The summed E-state index contributed by atoms with van der Waals surface area (Å²) in [6.45, 7) is 3.01. The molecule has 0 bridgehead atoms. The molecule has 0 fully saturated rings. The molecule has 0 aliphatic heterocycles. The van der Waals surface area contributed by atoms with Gasteiger partial charge in [-0.1, -0.05) is 42.5 Å². The summed E-state index contributed by atoms with van der Waals surface area (Å²) in [6, 6.07) is 14.8. The van der Waals surface area contributed by atoms with Crippen LogP contribution >= 0.6 is 0 Å². The first-order chi connectivity index (χ1) is 14.4. The predicted molar refractivity (Wildman–Crippen MR) is 109 cm³/mol. The lowest BCUT2D eigenvalue weighted by Gasteiger charge is -2.32. The summed E-state index contributed by atoms with van der Waals surface area (Å²) in [5.41, 5.74) is -1.90. The summed E-state index contributed by atoms with van der Waals surface area (Å²) in [4.78, 5) is 38.4.